The minimum Gasteiger partial charge on any atom is -0.251 e. The molecule has 72 valence electrons. The van der Waals surface area contributed by atoms with E-state index >= 15 is 0 Å². The van der Waals surface area contributed by atoms with Gasteiger partial charge in [0.1, 0.15) is 0 Å². The molecule has 0 unspecified atom stereocenters. The van der Waals surface area contributed by atoms with Crippen LogP contribution in [0.25, 0.3) is 10.9 Å². The molecule has 0 atom stereocenters. The molecule has 1 aromatic heterocycles. The summed E-state index contributed by atoms with van der Waals surface area (Å²) in [5.74, 6) is 0.453. The number of aromatic nitrogens is 1. The molecule has 2 rings (SSSR count). The predicted octanol–water partition coefficient (Wildman–Crippen LogP) is 4.12. The highest BCUT2D eigenvalue weighted by atomic mass is 79.9. The molecule has 0 aliphatic heterocycles. The topological polar surface area (TPSA) is 12.9 Å². The monoisotopic (exact) mass is 249 g/mol. The summed E-state index contributed by atoms with van der Waals surface area (Å²) >= 11 is 3.56. The summed E-state index contributed by atoms with van der Waals surface area (Å²) in [5.41, 5.74) is 2.20. The fourth-order valence-corrected chi connectivity index (χ4v) is 2.30. The van der Waals surface area contributed by atoms with Crippen LogP contribution in [0.5, 0.6) is 0 Å². The Balaban J connectivity index is 2.71. The quantitative estimate of drug-likeness (QED) is 0.741. The number of pyridine rings is 1. The van der Waals surface area contributed by atoms with E-state index in [1.165, 1.54) is 5.39 Å². The number of rotatable bonds is 1. The third-order valence-electron chi connectivity index (χ3n) is 2.25. The maximum atomic E-state index is 4.63. The average Bonchev–Trinajstić information content (AvgIpc) is 2.16. The summed E-state index contributed by atoms with van der Waals surface area (Å²) in [7, 11) is 0. The van der Waals surface area contributed by atoms with Gasteiger partial charge in [0.2, 0.25) is 0 Å². The molecule has 0 saturated carbocycles. The Kier molecular flexibility index (Phi) is 2.55. The number of fused-ring (bicyclic) bond motifs is 1. The maximum Gasteiger partial charge on any atom is 0.0706 e. The molecular weight excluding hydrogens is 238 g/mol. The molecule has 0 spiro atoms. The number of benzene rings is 1. The van der Waals surface area contributed by atoms with Crippen molar-refractivity contribution in [3.05, 3.63) is 40.5 Å². The fourth-order valence-electron chi connectivity index (χ4n) is 1.51. The lowest BCUT2D eigenvalue weighted by Gasteiger charge is -2.08. The number of hydrogen-bond donors (Lipinski definition) is 0. The second kappa shape index (κ2) is 3.70. The zero-order chi connectivity index (χ0) is 10.1. The van der Waals surface area contributed by atoms with E-state index in [4.69, 9.17) is 0 Å². The Labute approximate surface area is 92.3 Å². The first kappa shape index (κ1) is 9.66. The van der Waals surface area contributed by atoms with Crippen molar-refractivity contribution in [2.45, 2.75) is 19.8 Å². The first-order chi connectivity index (χ1) is 6.68. The van der Waals surface area contributed by atoms with Crippen molar-refractivity contribution in [1.82, 2.24) is 4.98 Å². The van der Waals surface area contributed by atoms with Crippen LogP contribution in [0, 0.1) is 0 Å². The van der Waals surface area contributed by atoms with Gasteiger partial charge < -0.3 is 0 Å². The average molecular weight is 250 g/mol. The van der Waals surface area contributed by atoms with E-state index in [2.05, 4.69) is 46.9 Å². The van der Waals surface area contributed by atoms with Gasteiger partial charge in [-0.1, -0.05) is 32.0 Å². The van der Waals surface area contributed by atoms with Crippen LogP contribution >= 0.6 is 15.9 Å². The van der Waals surface area contributed by atoms with Crippen LogP contribution in [0.4, 0.5) is 0 Å². The third-order valence-corrected chi connectivity index (χ3v) is 2.89. The molecule has 0 aliphatic rings. The molecule has 0 saturated heterocycles. The van der Waals surface area contributed by atoms with Crippen molar-refractivity contribution in [2.24, 2.45) is 0 Å². The smallest absolute Gasteiger partial charge is 0.0706 e. The first-order valence-electron chi connectivity index (χ1n) is 4.73. The van der Waals surface area contributed by atoms with Crippen LogP contribution in [0.15, 0.2) is 34.8 Å². The fraction of sp³-hybridized carbons (Fsp3) is 0.250. The van der Waals surface area contributed by atoms with Gasteiger partial charge in [-0.2, -0.15) is 0 Å². The van der Waals surface area contributed by atoms with Gasteiger partial charge in [0.25, 0.3) is 0 Å². The maximum absolute atomic E-state index is 4.63. The summed E-state index contributed by atoms with van der Waals surface area (Å²) in [4.78, 5) is 4.63. The van der Waals surface area contributed by atoms with Crippen molar-refractivity contribution < 1.29 is 0 Å². The highest BCUT2D eigenvalue weighted by Gasteiger charge is 2.07. The van der Waals surface area contributed by atoms with E-state index in [9.17, 15) is 0 Å². The Morgan fingerprint density at radius 1 is 1.21 bits per heavy atom. The van der Waals surface area contributed by atoms with Crippen LogP contribution in [-0.4, -0.2) is 4.98 Å². The molecular formula is C12H12BrN. The minimum absolute atomic E-state index is 0.453. The SMILES string of the molecule is CC(C)c1nc2ccccc2cc1Br. The van der Waals surface area contributed by atoms with Gasteiger partial charge in [-0.15, -0.1) is 0 Å². The molecule has 0 N–H and O–H groups in total. The molecule has 2 aromatic rings. The van der Waals surface area contributed by atoms with Gasteiger partial charge in [0, 0.05) is 9.86 Å². The molecule has 0 bridgehead atoms. The number of nitrogens with zero attached hydrogens (tertiary/aromatic N) is 1. The number of halogens is 1. The second-order valence-electron chi connectivity index (χ2n) is 3.70. The summed E-state index contributed by atoms with van der Waals surface area (Å²) in [6.07, 6.45) is 0. The molecule has 0 amide bonds. The summed E-state index contributed by atoms with van der Waals surface area (Å²) in [6.45, 7) is 4.31. The molecule has 0 radical (unpaired) electrons. The summed E-state index contributed by atoms with van der Waals surface area (Å²) in [5, 5.41) is 1.18. The van der Waals surface area contributed by atoms with Gasteiger partial charge >= 0.3 is 0 Å². The van der Waals surface area contributed by atoms with E-state index in [0.717, 1.165) is 15.7 Å². The van der Waals surface area contributed by atoms with E-state index in [1.54, 1.807) is 0 Å². The van der Waals surface area contributed by atoms with E-state index < -0.39 is 0 Å². The molecule has 1 aromatic carbocycles. The van der Waals surface area contributed by atoms with Gasteiger partial charge in [-0.05, 0) is 34.0 Å². The zero-order valence-corrected chi connectivity index (χ0v) is 9.88. The summed E-state index contributed by atoms with van der Waals surface area (Å²) in [6, 6.07) is 10.3. The number of para-hydroxylation sites is 1. The van der Waals surface area contributed by atoms with Crippen molar-refractivity contribution >= 4 is 26.8 Å². The van der Waals surface area contributed by atoms with E-state index in [-0.39, 0.29) is 0 Å². The van der Waals surface area contributed by atoms with Crippen LogP contribution < -0.4 is 0 Å². The van der Waals surface area contributed by atoms with Crippen LogP contribution in [0.3, 0.4) is 0 Å². The molecule has 14 heavy (non-hydrogen) atoms. The van der Waals surface area contributed by atoms with Crippen molar-refractivity contribution in [3.8, 4) is 0 Å². The van der Waals surface area contributed by atoms with Crippen LogP contribution in [0.2, 0.25) is 0 Å². The lowest BCUT2D eigenvalue weighted by molar-refractivity contribution is 0.823. The Bertz CT molecular complexity index is 463. The molecule has 2 heteroatoms. The molecule has 1 heterocycles. The van der Waals surface area contributed by atoms with Crippen LogP contribution in [-0.2, 0) is 0 Å². The molecule has 0 aliphatic carbocycles. The predicted molar refractivity (Wildman–Crippen MR) is 63.5 cm³/mol. The van der Waals surface area contributed by atoms with Crippen LogP contribution in [0.1, 0.15) is 25.5 Å². The highest BCUT2D eigenvalue weighted by molar-refractivity contribution is 9.10. The number of hydrogen-bond acceptors (Lipinski definition) is 1. The van der Waals surface area contributed by atoms with Crippen molar-refractivity contribution in [2.75, 3.05) is 0 Å². The van der Waals surface area contributed by atoms with Gasteiger partial charge in [-0.25, -0.2) is 0 Å². The minimum atomic E-state index is 0.453. The summed E-state index contributed by atoms with van der Waals surface area (Å²) < 4.78 is 1.10. The normalized spacial score (nSPS) is 11.1. The Morgan fingerprint density at radius 2 is 1.93 bits per heavy atom. The van der Waals surface area contributed by atoms with Gasteiger partial charge in [-0.3, -0.25) is 4.98 Å². The van der Waals surface area contributed by atoms with Crippen molar-refractivity contribution in [3.63, 3.8) is 0 Å². The lowest BCUT2D eigenvalue weighted by atomic mass is 10.1. The first-order valence-corrected chi connectivity index (χ1v) is 5.53. The van der Waals surface area contributed by atoms with E-state index in [0.29, 0.717) is 5.92 Å². The lowest BCUT2D eigenvalue weighted by Crippen LogP contribution is -1.94. The molecule has 0 fully saturated rings. The van der Waals surface area contributed by atoms with Crippen molar-refractivity contribution in [1.29, 1.82) is 0 Å². The largest absolute Gasteiger partial charge is 0.251 e. The molecule has 1 nitrogen and oxygen atoms in total. The van der Waals surface area contributed by atoms with Gasteiger partial charge in [0.15, 0.2) is 0 Å². The zero-order valence-electron chi connectivity index (χ0n) is 8.29. The Hall–Kier alpha value is -0.890. The highest BCUT2D eigenvalue weighted by Crippen LogP contribution is 2.26. The standard InChI is InChI=1S/C12H12BrN/c1-8(2)12-10(13)7-9-5-3-4-6-11(9)14-12/h3-8H,1-2H3. The third kappa shape index (κ3) is 1.67. The second-order valence-corrected chi connectivity index (χ2v) is 4.56. The Morgan fingerprint density at radius 3 is 2.64 bits per heavy atom. The van der Waals surface area contributed by atoms with Gasteiger partial charge in [0.05, 0.1) is 11.2 Å². The van der Waals surface area contributed by atoms with E-state index in [1.807, 2.05) is 18.2 Å².